The van der Waals surface area contributed by atoms with E-state index in [-0.39, 0.29) is 44.6 Å². The molecule has 0 amide bonds. The van der Waals surface area contributed by atoms with Crippen LogP contribution in [-0.4, -0.2) is 6.71 Å². The molecule has 2 aliphatic heterocycles. The van der Waals surface area contributed by atoms with Crippen LogP contribution in [0.3, 0.4) is 0 Å². The summed E-state index contributed by atoms with van der Waals surface area (Å²) < 4.78 is 35.1. The zero-order valence-electron chi connectivity index (χ0n) is 55.0. The van der Waals surface area contributed by atoms with Crippen LogP contribution < -0.4 is 31.1 Å². The first-order valence-corrected chi connectivity index (χ1v) is 30.4. The van der Waals surface area contributed by atoms with E-state index in [0.717, 1.165) is 110 Å². The second-order valence-electron chi connectivity index (χ2n) is 30.7. The summed E-state index contributed by atoms with van der Waals surface area (Å²) in [6.07, 6.45) is 4.35. The van der Waals surface area contributed by atoms with Crippen LogP contribution in [0.4, 0.5) is 51.2 Å². The van der Waals surface area contributed by atoms with Crippen LogP contribution in [-0.2, 0) is 37.9 Å². The van der Waals surface area contributed by atoms with Crippen molar-refractivity contribution in [3.8, 4) is 0 Å². The van der Waals surface area contributed by atoms with Crippen molar-refractivity contribution in [2.24, 2.45) is 0 Å². The third-order valence-corrected chi connectivity index (χ3v) is 19.9. The van der Waals surface area contributed by atoms with Crippen LogP contribution in [0.15, 0.2) is 150 Å². The van der Waals surface area contributed by atoms with E-state index < -0.39 is 6.85 Å². The Morgan fingerprint density at radius 3 is 1.39 bits per heavy atom. The van der Waals surface area contributed by atoms with E-state index in [9.17, 15) is 4.11 Å². The normalized spacial score (nSPS) is 18.2. The van der Waals surface area contributed by atoms with Crippen LogP contribution in [0.1, 0.15) is 192 Å². The molecule has 418 valence electrons. The van der Waals surface area contributed by atoms with Crippen molar-refractivity contribution in [2.75, 3.05) is 14.7 Å². The first-order chi connectivity index (χ1) is 39.6. The number of benzene rings is 8. The van der Waals surface area contributed by atoms with Gasteiger partial charge in [-0.1, -0.05) is 172 Å². The molecule has 0 saturated carbocycles. The molecule has 3 heterocycles. The van der Waals surface area contributed by atoms with E-state index in [2.05, 4.69) is 266 Å². The van der Waals surface area contributed by atoms with Crippen molar-refractivity contribution >= 4 is 96.2 Å². The fourth-order valence-electron chi connectivity index (χ4n) is 14.5. The predicted octanol–water partition coefficient (Wildman–Crippen LogP) is 20.0. The molecule has 2 aliphatic carbocycles. The quantitative estimate of drug-likeness (QED) is 0.160. The van der Waals surface area contributed by atoms with E-state index in [1.165, 1.54) is 44.4 Å². The molecular formula is C77H86BN3O. The van der Waals surface area contributed by atoms with E-state index in [4.69, 9.17) is 4.42 Å². The van der Waals surface area contributed by atoms with Crippen molar-refractivity contribution in [1.29, 1.82) is 0 Å². The van der Waals surface area contributed by atoms with Gasteiger partial charge in [0.15, 0.2) is 0 Å². The summed E-state index contributed by atoms with van der Waals surface area (Å²) in [6.45, 7) is 36.9. The second kappa shape index (κ2) is 18.0. The van der Waals surface area contributed by atoms with Gasteiger partial charge in [-0.05, 0) is 216 Å². The maximum Gasteiger partial charge on any atom is 0.252 e. The summed E-state index contributed by atoms with van der Waals surface area (Å²) in [5.74, 6) is 0. The minimum absolute atomic E-state index is 0.0174. The average molecular weight is 1080 g/mol. The molecule has 0 atom stereocenters. The molecular weight excluding hydrogens is 994 g/mol. The molecule has 5 heteroatoms. The van der Waals surface area contributed by atoms with Crippen LogP contribution in [0.5, 0.6) is 0 Å². The van der Waals surface area contributed by atoms with Gasteiger partial charge in [0.2, 0.25) is 0 Å². The Morgan fingerprint density at radius 2 is 0.854 bits per heavy atom. The highest BCUT2D eigenvalue weighted by Crippen LogP contribution is 2.54. The molecule has 82 heavy (non-hydrogen) atoms. The molecule has 0 radical (unpaired) electrons. The molecule has 9 aromatic rings. The summed E-state index contributed by atoms with van der Waals surface area (Å²) in [4.78, 5) is 7.23. The van der Waals surface area contributed by atoms with Gasteiger partial charge in [0.05, 0.1) is 0 Å². The lowest BCUT2D eigenvalue weighted by atomic mass is 9.33. The maximum absolute atomic E-state index is 9.40. The molecule has 0 N–H and O–H groups in total. The molecule has 13 rings (SSSR count). The number of hydrogen-bond acceptors (Lipinski definition) is 4. The maximum atomic E-state index is 9.40. The molecule has 4 nitrogen and oxygen atoms in total. The van der Waals surface area contributed by atoms with Crippen LogP contribution in [0.2, 0.25) is 0 Å². The Morgan fingerprint density at radius 1 is 0.415 bits per heavy atom. The minimum atomic E-state index is -2.44. The molecule has 4 aliphatic rings. The lowest BCUT2D eigenvalue weighted by Crippen LogP contribution is -2.62. The first kappa shape index (κ1) is 50.7. The van der Waals surface area contributed by atoms with Gasteiger partial charge in [-0.25, -0.2) is 0 Å². The molecule has 0 saturated heterocycles. The van der Waals surface area contributed by atoms with Crippen LogP contribution in [0.25, 0.3) is 21.9 Å². The molecule has 0 fully saturated rings. The van der Waals surface area contributed by atoms with Crippen molar-refractivity contribution in [3.05, 3.63) is 190 Å². The van der Waals surface area contributed by atoms with Gasteiger partial charge in [-0.3, -0.25) is 0 Å². The molecule has 1 aromatic heterocycles. The third-order valence-electron chi connectivity index (χ3n) is 19.9. The Labute approximate surface area is 495 Å². The lowest BCUT2D eigenvalue weighted by Gasteiger charge is -2.48. The van der Waals surface area contributed by atoms with Crippen LogP contribution >= 0.6 is 0 Å². The van der Waals surface area contributed by atoms with Crippen molar-refractivity contribution in [3.63, 3.8) is 0 Å². The molecule has 0 bridgehead atoms. The second-order valence-corrected chi connectivity index (χ2v) is 30.7. The summed E-state index contributed by atoms with van der Waals surface area (Å²) in [6, 6.07) is 54.8. The van der Waals surface area contributed by atoms with Crippen molar-refractivity contribution in [1.82, 2.24) is 0 Å². The number of anilines is 9. The largest absolute Gasteiger partial charge is 0.456 e. The average Bonchev–Trinajstić information content (AvgIpc) is 1.02. The molecule has 8 aromatic carbocycles. The minimum Gasteiger partial charge on any atom is -0.456 e. The highest BCUT2D eigenvalue weighted by molar-refractivity contribution is 7.00. The van der Waals surface area contributed by atoms with Gasteiger partial charge in [0, 0.05) is 72.1 Å². The van der Waals surface area contributed by atoms with Gasteiger partial charge >= 0.3 is 0 Å². The van der Waals surface area contributed by atoms with Gasteiger partial charge in [-0.15, -0.1) is 0 Å². The number of fused-ring (bicyclic) bond motifs is 9. The fraction of sp³-hybridized carbons (Fsp3) is 0.377. The Kier molecular flexibility index (Phi) is 11.1. The van der Waals surface area contributed by atoms with Crippen molar-refractivity contribution < 1.29 is 8.53 Å². The summed E-state index contributed by atoms with van der Waals surface area (Å²) in [5.41, 5.74) is 23.3. The SMILES string of the molecule is [2H]C([2H])([2H])c1cc2c3c(c1)N(c1ccc4c(c1)C(C)(C)CCC4(C)C)c1cc4c(cc1B3c1ccc(N(c3ccc(C(C)(C)C)cc3)c3ccc(C(C)(C)C)cc3)cc1N2c1ccc2c(c1)oc1cc(C(C)(C)C)ccc12)C(C)(C)CCC4(C)C. The fourth-order valence-corrected chi connectivity index (χ4v) is 14.5. The van der Waals surface area contributed by atoms with Gasteiger partial charge in [0.25, 0.3) is 6.71 Å². The van der Waals surface area contributed by atoms with Crippen LogP contribution in [0, 0.1) is 6.85 Å². The lowest BCUT2D eigenvalue weighted by molar-refractivity contribution is 0.332. The standard InChI is InChI=1S/C77H86BN3O/c1-47-39-66-70-67(40-47)81(55-28-32-57-56-31-23-50(73(8,9)10)41-68(56)82-69(57)44-55)64-43-54(79(51-24-19-48(20-25-51)71(2,3)4)52-26-21-49(22-27-52)72(5,6)7)30-34-62(64)78(70)63-45-60-61(77(17,18)38-37-76(60,15)16)46-65(63)80(66)53-29-33-58-59(42-53)75(13,14)36-35-74(58,11)12/h19-34,39-46H,35-38H2,1-18H3/i1D3. The monoisotopic (exact) mass is 1080 g/mol. The molecule has 0 unspecified atom stereocenters. The zero-order valence-corrected chi connectivity index (χ0v) is 52.0. The van der Waals surface area contributed by atoms with E-state index in [1.807, 2.05) is 12.1 Å². The number of furan rings is 1. The summed E-state index contributed by atoms with van der Waals surface area (Å²) in [5, 5.41) is 2.11. The number of nitrogens with zero attached hydrogens (tertiary/aromatic N) is 3. The number of aryl methyl sites for hydroxylation is 1. The van der Waals surface area contributed by atoms with E-state index in [0.29, 0.717) is 5.56 Å². The van der Waals surface area contributed by atoms with E-state index >= 15 is 0 Å². The molecule has 0 spiro atoms. The van der Waals surface area contributed by atoms with Gasteiger partial charge in [0.1, 0.15) is 11.2 Å². The zero-order chi connectivity index (χ0) is 60.7. The Balaban J connectivity index is 1.13. The third kappa shape index (κ3) is 8.67. The highest BCUT2D eigenvalue weighted by Gasteiger charge is 2.48. The van der Waals surface area contributed by atoms with E-state index in [1.54, 1.807) is 0 Å². The topological polar surface area (TPSA) is 22.9 Å². The first-order valence-electron chi connectivity index (χ1n) is 31.9. The summed E-state index contributed by atoms with van der Waals surface area (Å²) >= 11 is 0. The van der Waals surface area contributed by atoms with Gasteiger partial charge < -0.3 is 19.1 Å². The van der Waals surface area contributed by atoms with Gasteiger partial charge in [-0.2, -0.15) is 0 Å². The highest BCUT2D eigenvalue weighted by atomic mass is 16.3. The van der Waals surface area contributed by atoms with Crippen molar-refractivity contribution in [2.45, 2.75) is 188 Å². The predicted molar refractivity (Wildman–Crippen MR) is 354 cm³/mol. The summed E-state index contributed by atoms with van der Waals surface area (Å²) in [7, 11) is 0. The number of hydrogen-bond donors (Lipinski definition) is 0. The number of rotatable bonds is 5. The smallest absolute Gasteiger partial charge is 0.252 e. The Bertz CT molecular complexity index is 4140. The Hall–Kier alpha value is -6.98.